The number of fused-ring (bicyclic) bond motifs is 1. The highest BCUT2D eigenvalue weighted by Crippen LogP contribution is 2.29. The maximum absolute atomic E-state index is 12.6. The fourth-order valence-corrected chi connectivity index (χ4v) is 2.29. The normalized spacial score (nSPS) is 11.2. The van der Waals surface area contributed by atoms with Gasteiger partial charge in [-0.05, 0) is 42.5 Å². The molecule has 1 amide bonds. The first-order valence-electron chi connectivity index (χ1n) is 7.41. The number of H-pyrrole nitrogens is 1. The predicted octanol–water partition coefficient (Wildman–Crippen LogP) is 3.85. The predicted molar refractivity (Wildman–Crippen MR) is 89.8 cm³/mol. The summed E-state index contributed by atoms with van der Waals surface area (Å²) in [6.07, 6.45) is 0.690. The molecule has 132 valence electrons. The SMILES string of the molecule is C#CCOc1ccc2[nH]nc(NC(=O)c3ccc(C(F)(F)F)cc3)c2c1. The molecular formula is C18H12F3N3O2. The van der Waals surface area contributed by atoms with Crippen molar-refractivity contribution in [3.05, 3.63) is 53.6 Å². The van der Waals surface area contributed by atoms with Crippen molar-refractivity contribution in [2.75, 3.05) is 11.9 Å². The molecule has 0 aliphatic rings. The van der Waals surface area contributed by atoms with Gasteiger partial charge in [-0.2, -0.15) is 18.3 Å². The minimum absolute atomic E-state index is 0.0777. The molecule has 0 atom stereocenters. The Morgan fingerprint density at radius 2 is 1.96 bits per heavy atom. The molecule has 1 heterocycles. The summed E-state index contributed by atoms with van der Waals surface area (Å²) in [7, 11) is 0. The van der Waals surface area contributed by atoms with Crippen LogP contribution in [0.5, 0.6) is 5.75 Å². The second-order valence-electron chi connectivity index (χ2n) is 5.30. The molecule has 0 unspecified atom stereocenters. The van der Waals surface area contributed by atoms with Gasteiger partial charge in [0.1, 0.15) is 12.4 Å². The van der Waals surface area contributed by atoms with E-state index in [1.807, 2.05) is 0 Å². The lowest BCUT2D eigenvalue weighted by Gasteiger charge is -2.08. The fraction of sp³-hybridized carbons (Fsp3) is 0.111. The Balaban J connectivity index is 1.82. The number of aromatic nitrogens is 2. The number of benzene rings is 2. The van der Waals surface area contributed by atoms with Crippen molar-refractivity contribution in [1.82, 2.24) is 10.2 Å². The molecule has 5 nitrogen and oxygen atoms in total. The number of nitrogens with one attached hydrogen (secondary N) is 2. The standard InChI is InChI=1S/C18H12F3N3O2/c1-2-9-26-13-7-8-15-14(10-13)16(24-23-15)22-17(25)11-3-5-12(6-4-11)18(19,20)21/h1,3-8,10H,9H2,(H2,22,23,24,25). The van der Waals surface area contributed by atoms with Gasteiger partial charge in [-0.15, -0.1) is 6.42 Å². The Labute approximate surface area is 146 Å². The van der Waals surface area contributed by atoms with Crippen molar-refractivity contribution in [1.29, 1.82) is 0 Å². The summed E-state index contributed by atoms with van der Waals surface area (Å²) in [6, 6.07) is 8.97. The van der Waals surface area contributed by atoms with Crippen LogP contribution < -0.4 is 10.1 Å². The Morgan fingerprint density at radius 1 is 1.23 bits per heavy atom. The van der Waals surface area contributed by atoms with Gasteiger partial charge in [-0.25, -0.2) is 0 Å². The zero-order chi connectivity index (χ0) is 18.7. The molecule has 3 aromatic rings. The number of alkyl halides is 3. The molecule has 2 aromatic carbocycles. The van der Waals surface area contributed by atoms with E-state index in [2.05, 4.69) is 21.4 Å². The van der Waals surface area contributed by atoms with E-state index in [1.54, 1.807) is 18.2 Å². The lowest BCUT2D eigenvalue weighted by Crippen LogP contribution is -2.13. The largest absolute Gasteiger partial charge is 0.481 e. The topological polar surface area (TPSA) is 67.0 Å². The number of nitrogens with zero attached hydrogens (tertiary/aromatic N) is 1. The summed E-state index contributed by atoms with van der Waals surface area (Å²) in [5, 5.41) is 9.90. The van der Waals surface area contributed by atoms with Gasteiger partial charge in [0.2, 0.25) is 0 Å². The van der Waals surface area contributed by atoms with Crippen molar-refractivity contribution in [2.45, 2.75) is 6.18 Å². The van der Waals surface area contributed by atoms with E-state index in [1.165, 1.54) is 0 Å². The van der Waals surface area contributed by atoms with Gasteiger partial charge in [-0.3, -0.25) is 9.89 Å². The maximum atomic E-state index is 12.6. The maximum Gasteiger partial charge on any atom is 0.416 e. The van der Waals surface area contributed by atoms with Gasteiger partial charge < -0.3 is 10.1 Å². The van der Waals surface area contributed by atoms with Crippen LogP contribution in [0.25, 0.3) is 10.9 Å². The summed E-state index contributed by atoms with van der Waals surface area (Å²) >= 11 is 0. The van der Waals surface area contributed by atoms with Crippen molar-refractivity contribution >= 4 is 22.6 Å². The van der Waals surface area contributed by atoms with Crippen molar-refractivity contribution in [3.63, 3.8) is 0 Å². The van der Waals surface area contributed by atoms with E-state index < -0.39 is 17.6 Å². The Hall–Kier alpha value is -3.47. The molecule has 8 heteroatoms. The molecule has 0 saturated carbocycles. The van der Waals surface area contributed by atoms with E-state index >= 15 is 0 Å². The molecule has 2 N–H and O–H groups in total. The van der Waals surface area contributed by atoms with Crippen molar-refractivity contribution in [3.8, 4) is 18.1 Å². The quantitative estimate of drug-likeness (QED) is 0.696. The minimum atomic E-state index is -4.46. The summed E-state index contributed by atoms with van der Waals surface area (Å²) in [5.74, 6) is 2.50. The van der Waals surface area contributed by atoms with Gasteiger partial charge >= 0.3 is 6.18 Å². The van der Waals surface area contributed by atoms with E-state index in [-0.39, 0.29) is 18.0 Å². The van der Waals surface area contributed by atoms with Gasteiger partial charge in [-0.1, -0.05) is 5.92 Å². The fourth-order valence-electron chi connectivity index (χ4n) is 2.29. The monoisotopic (exact) mass is 359 g/mol. The summed E-state index contributed by atoms with van der Waals surface area (Å²) in [6.45, 7) is 0.0939. The third-order valence-corrected chi connectivity index (χ3v) is 3.56. The molecule has 0 fully saturated rings. The molecule has 0 bridgehead atoms. The van der Waals surface area contributed by atoms with Gasteiger partial charge in [0.25, 0.3) is 5.91 Å². The number of rotatable bonds is 4. The second-order valence-corrected chi connectivity index (χ2v) is 5.30. The number of halogens is 3. The van der Waals surface area contributed by atoms with Crippen LogP contribution in [0, 0.1) is 12.3 Å². The zero-order valence-corrected chi connectivity index (χ0v) is 13.2. The van der Waals surface area contributed by atoms with Crippen LogP contribution in [0.3, 0.4) is 0 Å². The molecule has 0 radical (unpaired) electrons. The number of carbonyl (C=O) groups is 1. The number of amides is 1. The van der Waals surface area contributed by atoms with Gasteiger partial charge in [0, 0.05) is 10.9 Å². The Bertz CT molecular complexity index is 986. The van der Waals surface area contributed by atoms with Gasteiger partial charge in [0.15, 0.2) is 5.82 Å². The van der Waals surface area contributed by atoms with E-state index in [9.17, 15) is 18.0 Å². The van der Waals surface area contributed by atoms with E-state index in [0.29, 0.717) is 16.7 Å². The van der Waals surface area contributed by atoms with Crippen LogP contribution in [0.1, 0.15) is 15.9 Å². The van der Waals surface area contributed by atoms with E-state index in [4.69, 9.17) is 11.2 Å². The summed E-state index contributed by atoms with van der Waals surface area (Å²) in [4.78, 5) is 12.3. The number of aromatic amines is 1. The first-order valence-corrected chi connectivity index (χ1v) is 7.41. The average molecular weight is 359 g/mol. The number of ether oxygens (including phenoxy) is 1. The first kappa shape index (κ1) is 17.4. The van der Waals surface area contributed by atoms with Crippen LogP contribution >= 0.6 is 0 Å². The smallest absolute Gasteiger partial charge is 0.416 e. The second kappa shape index (κ2) is 6.80. The number of carbonyl (C=O) groups excluding carboxylic acids is 1. The average Bonchev–Trinajstić information content (AvgIpc) is 3.01. The molecule has 0 spiro atoms. The van der Waals surface area contributed by atoms with Crippen LogP contribution in [0.2, 0.25) is 0 Å². The lowest BCUT2D eigenvalue weighted by atomic mass is 10.1. The van der Waals surface area contributed by atoms with Crippen LogP contribution in [0.4, 0.5) is 19.0 Å². The molecule has 26 heavy (non-hydrogen) atoms. The van der Waals surface area contributed by atoms with Gasteiger partial charge in [0.05, 0.1) is 11.1 Å². The Kier molecular flexibility index (Phi) is 4.54. The number of hydrogen-bond acceptors (Lipinski definition) is 3. The number of hydrogen-bond donors (Lipinski definition) is 2. The third-order valence-electron chi connectivity index (χ3n) is 3.56. The lowest BCUT2D eigenvalue weighted by molar-refractivity contribution is -0.137. The minimum Gasteiger partial charge on any atom is -0.481 e. The van der Waals surface area contributed by atoms with Crippen LogP contribution in [0.15, 0.2) is 42.5 Å². The Morgan fingerprint density at radius 3 is 2.62 bits per heavy atom. The number of terminal acetylenes is 1. The number of anilines is 1. The molecule has 0 saturated heterocycles. The molecule has 3 rings (SSSR count). The van der Waals surface area contributed by atoms with Crippen LogP contribution in [-0.2, 0) is 6.18 Å². The van der Waals surface area contributed by atoms with Crippen molar-refractivity contribution in [2.24, 2.45) is 0 Å². The molecular weight excluding hydrogens is 347 g/mol. The van der Waals surface area contributed by atoms with Crippen LogP contribution in [-0.4, -0.2) is 22.7 Å². The zero-order valence-electron chi connectivity index (χ0n) is 13.2. The summed E-state index contributed by atoms with van der Waals surface area (Å²) < 4.78 is 43.1. The van der Waals surface area contributed by atoms with Crippen molar-refractivity contribution < 1.29 is 22.7 Å². The molecule has 0 aliphatic carbocycles. The highest BCUT2D eigenvalue weighted by molar-refractivity contribution is 6.08. The first-order chi connectivity index (χ1) is 12.4. The molecule has 0 aliphatic heterocycles. The van der Waals surface area contributed by atoms with E-state index in [0.717, 1.165) is 24.3 Å². The third kappa shape index (κ3) is 3.62. The highest BCUT2D eigenvalue weighted by atomic mass is 19.4. The molecule has 1 aromatic heterocycles. The summed E-state index contributed by atoms with van der Waals surface area (Å²) in [5.41, 5.74) is -0.0933. The highest BCUT2D eigenvalue weighted by Gasteiger charge is 2.30.